The summed E-state index contributed by atoms with van der Waals surface area (Å²) in [4.78, 5) is 19.8. The molecule has 9 rings (SSSR count). The van der Waals surface area contributed by atoms with Crippen LogP contribution in [0, 0.1) is 0 Å². The van der Waals surface area contributed by atoms with Crippen LogP contribution < -0.4 is 0 Å². The van der Waals surface area contributed by atoms with Gasteiger partial charge in [0, 0.05) is 33.7 Å². The van der Waals surface area contributed by atoms with Crippen molar-refractivity contribution in [3.63, 3.8) is 0 Å². The van der Waals surface area contributed by atoms with Gasteiger partial charge in [0.1, 0.15) is 11.1 Å². The number of pyridine rings is 1. The van der Waals surface area contributed by atoms with E-state index in [-0.39, 0.29) is 0 Å². The van der Waals surface area contributed by atoms with Gasteiger partial charge in [-0.15, -0.1) is 0 Å². The Morgan fingerprint density at radius 1 is 0.422 bits per heavy atom. The molecule has 3 aromatic heterocycles. The van der Waals surface area contributed by atoms with Gasteiger partial charge in [0.05, 0.1) is 5.39 Å². The van der Waals surface area contributed by atoms with Gasteiger partial charge in [-0.2, -0.15) is 0 Å². The molecule has 0 saturated carbocycles. The minimum atomic E-state index is 0.630. The summed E-state index contributed by atoms with van der Waals surface area (Å²) in [5.74, 6) is 1.91. The molecule has 0 unspecified atom stereocenters. The van der Waals surface area contributed by atoms with Gasteiger partial charge in [0.2, 0.25) is 0 Å². The highest BCUT2D eigenvalue weighted by atomic mass is 16.3. The standard InChI is InChI=1S/C40H24N4O/c1-3-12-25(13-4-1)38-42-39(26-14-5-2-6-15-26)44-40(43-38)33-23-22-31(29-18-9-10-19-30(29)33)32-20-11-21-34-35(32)36-37(45-34)28-17-8-7-16-27(28)24-41-36/h1-24H. The summed E-state index contributed by atoms with van der Waals surface area (Å²) < 4.78 is 6.45. The normalized spacial score (nSPS) is 11.6. The summed E-state index contributed by atoms with van der Waals surface area (Å²) in [6, 6.07) is 47.3. The van der Waals surface area contributed by atoms with Gasteiger partial charge < -0.3 is 4.42 Å². The topological polar surface area (TPSA) is 64.7 Å². The lowest BCUT2D eigenvalue weighted by molar-refractivity contribution is 0.672. The third-order valence-corrected chi connectivity index (χ3v) is 8.38. The molecular formula is C40H24N4O. The van der Waals surface area contributed by atoms with Gasteiger partial charge in [-0.1, -0.05) is 127 Å². The van der Waals surface area contributed by atoms with Crippen LogP contribution in [0.3, 0.4) is 0 Å². The molecule has 0 fully saturated rings. The van der Waals surface area contributed by atoms with Crippen molar-refractivity contribution < 1.29 is 4.42 Å². The fraction of sp³-hybridized carbons (Fsp3) is 0. The van der Waals surface area contributed by atoms with Crippen LogP contribution in [0.5, 0.6) is 0 Å². The second kappa shape index (κ2) is 10.2. The molecule has 6 aromatic carbocycles. The van der Waals surface area contributed by atoms with Crippen molar-refractivity contribution in [3.8, 4) is 45.3 Å². The molecule has 0 saturated heterocycles. The van der Waals surface area contributed by atoms with E-state index in [1.807, 2.05) is 85.1 Å². The van der Waals surface area contributed by atoms with Crippen molar-refractivity contribution in [2.24, 2.45) is 0 Å². The molecule has 0 radical (unpaired) electrons. The quantitative estimate of drug-likeness (QED) is 0.209. The maximum absolute atomic E-state index is 6.45. The number of benzene rings is 6. The van der Waals surface area contributed by atoms with E-state index in [1.165, 1.54) is 0 Å². The Morgan fingerprint density at radius 3 is 1.71 bits per heavy atom. The summed E-state index contributed by atoms with van der Waals surface area (Å²) in [5.41, 5.74) is 7.49. The molecule has 0 spiro atoms. The first-order chi connectivity index (χ1) is 22.3. The van der Waals surface area contributed by atoms with Crippen LogP contribution in [0.2, 0.25) is 0 Å². The maximum Gasteiger partial charge on any atom is 0.164 e. The Morgan fingerprint density at radius 2 is 1.00 bits per heavy atom. The van der Waals surface area contributed by atoms with Crippen molar-refractivity contribution >= 4 is 43.6 Å². The number of hydrogen-bond acceptors (Lipinski definition) is 5. The first kappa shape index (κ1) is 25.3. The minimum Gasteiger partial charge on any atom is -0.454 e. The Hall–Kier alpha value is -6.20. The predicted molar refractivity (Wildman–Crippen MR) is 182 cm³/mol. The molecule has 3 heterocycles. The molecular weight excluding hydrogens is 552 g/mol. The van der Waals surface area contributed by atoms with Gasteiger partial charge >= 0.3 is 0 Å². The summed E-state index contributed by atoms with van der Waals surface area (Å²) in [6.45, 7) is 0. The predicted octanol–water partition coefficient (Wildman–Crippen LogP) is 10.1. The molecule has 0 aliphatic rings. The van der Waals surface area contributed by atoms with E-state index in [4.69, 9.17) is 24.4 Å². The Balaban J connectivity index is 1.28. The molecule has 45 heavy (non-hydrogen) atoms. The second-order valence-electron chi connectivity index (χ2n) is 11.0. The maximum atomic E-state index is 6.45. The highest BCUT2D eigenvalue weighted by Crippen LogP contribution is 2.42. The molecule has 0 amide bonds. The third kappa shape index (κ3) is 4.17. The first-order valence-electron chi connectivity index (χ1n) is 14.9. The lowest BCUT2D eigenvalue weighted by atomic mass is 9.92. The van der Waals surface area contributed by atoms with Crippen LogP contribution in [-0.2, 0) is 0 Å². The number of furan rings is 1. The summed E-state index contributed by atoms with van der Waals surface area (Å²) in [6.07, 6.45) is 1.93. The van der Waals surface area contributed by atoms with Gasteiger partial charge in [-0.3, -0.25) is 4.98 Å². The largest absolute Gasteiger partial charge is 0.454 e. The van der Waals surface area contributed by atoms with Gasteiger partial charge in [0.25, 0.3) is 0 Å². The van der Waals surface area contributed by atoms with E-state index in [1.54, 1.807) is 0 Å². The van der Waals surface area contributed by atoms with E-state index < -0.39 is 0 Å². The zero-order valence-corrected chi connectivity index (χ0v) is 24.1. The molecule has 0 atom stereocenters. The Kier molecular flexibility index (Phi) is 5.74. The minimum absolute atomic E-state index is 0.630. The Labute approximate surface area is 258 Å². The zero-order chi connectivity index (χ0) is 29.7. The highest BCUT2D eigenvalue weighted by Gasteiger charge is 2.19. The number of fused-ring (bicyclic) bond motifs is 6. The van der Waals surface area contributed by atoms with E-state index >= 15 is 0 Å². The number of hydrogen-bond donors (Lipinski definition) is 0. The van der Waals surface area contributed by atoms with Crippen LogP contribution in [0.1, 0.15) is 0 Å². The van der Waals surface area contributed by atoms with Crippen molar-refractivity contribution in [3.05, 3.63) is 146 Å². The second-order valence-corrected chi connectivity index (χ2v) is 11.0. The zero-order valence-electron chi connectivity index (χ0n) is 24.1. The van der Waals surface area contributed by atoms with Gasteiger partial charge in [-0.05, 0) is 34.0 Å². The lowest BCUT2D eigenvalue weighted by Gasteiger charge is -2.13. The molecule has 0 aliphatic carbocycles. The smallest absolute Gasteiger partial charge is 0.164 e. The van der Waals surface area contributed by atoms with Crippen LogP contribution in [0.4, 0.5) is 0 Å². The number of aromatic nitrogens is 4. The van der Waals surface area contributed by atoms with E-state index in [9.17, 15) is 0 Å². The van der Waals surface area contributed by atoms with Gasteiger partial charge in [-0.25, -0.2) is 15.0 Å². The van der Waals surface area contributed by atoms with Crippen molar-refractivity contribution in [1.29, 1.82) is 0 Å². The summed E-state index contributed by atoms with van der Waals surface area (Å²) in [7, 11) is 0. The lowest BCUT2D eigenvalue weighted by Crippen LogP contribution is -2.00. The number of nitrogens with zero attached hydrogens (tertiary/aromatic N) is 4. The molecule has 0 aliphatic heterocycles. The van der Waals surface area contributed by atoms with Gasteiger partial charge in [0.15, 0.2) is 23.1 Å². The summed E-state index contributed by atoms with van der Waals surface area (Å²) in [5, 5.41) is 5.28. The van der Waals surface area contributed by atoms with Crippen LogP contribution in [0.25, 0.3) is 88.9 Å². The van der Waals surface area contributed by atoms with Crippen molar-refractivity contribution in [2.75, 3.05) is 0 Å². The molecule has 5 heteroatoms. The fourth-order valence-electron chi connectivity index (χ4n) is 6.27. The molecule has 9 aromatic rings. The molecule has 5 nitrogen and oxygen atoms in total. The monoisotopic (exact) mass is 576 g/mol. The van der Waals surface area contributed by atoms with Crippen LogP contribution in [-0.4, -0.2) is 19.9 Å². The van der Waals surface area contributed by atoms with Crippen LogP contribution >= 0.6 is 0 Å². The SMILES string of the molecule is c1ccc(-c2nc(-c3ccccc3)nc(-c3ccc(-c4cccc5oc6c7ccccc7cnc6c45)c4ccccc34)n2)cc1. The summed E-state index contributed by atoms with van der Waals surface area (Å²) >= 11 is 0. The van der Waals surface area contributed by atoms with Crippen molar-refractivity contribution in [2.45, 2.75) is 0 Å². The average molecular weight is 577 g/mol. The van der Waals surface area contributed by atoms with Crippen LogP contribution in [0.15, 0.2) is 150 Å². The molecule has 0 N–H and O–H groups in total. The van der Waals surface area contributed by atoms with E-state index in [2.05, 4.69) is 60.7 Å². The van der Waals surface area contributed by atoms with Crippen molar-refractivity contribution in [1.82, 2.24) is 19.9 Å². The highest BCUT2D eigenvalue weighted by molar-refractivity contribution is 6.19. The van der Waals surface area contributed by atoms with E-state index in [0.717, 1.165) is 71.4 Å². The average Bonchev–Trinajstić information content (AvgIpc) is 3.51. The van der Waals surface area contributed by atoms with E-state index in [0.29, 0.717) is 17.5 Å². The fourth-order valence-corrected chi connectivity index (χ4v) is 6.27. The Bertz CT molecular complexity index is 2480. The molecule has 210 valence electrons. The molecule has 0 bridgehead atoms. The first-order valence-corrected chi connectivity index (χ1v) is 14.9. The third-order valence-electron chi connectivity index (χ3n) is 8.38. The number of rotatable bonds is 4.